The van der Waals surface area contributed by atoms with E-state index in [0.29, 0.717) is 24.3 Å². The first-order valence-corrected chi connectivity index (χ1v) is 7.24. The molecular formula is C15H21F3N2O. The van der Waals surface area contributed by atoms with Gasteiger partial charge in [0.1, 0.15) is 5.82 Å². The van der Waals surface area contributed by atoms with Crippen LogP contribution in [0.3, 0.4) is 0 Å². The number of nitrogens with zero attached hydrogens (tertiary/aromatic N) is 2. The first-order valence-electron chi connectivity index (χ1n) is 7.24. The maximum Gasteiger partial charge on any atom is 0.393 e. The molecule has 1 aliphatic heterocycles. The van der Waals surface area contributed by atoms with Gasteiger partial charge in [-0.1, -0.05) is 13.8 Å². The lowest BCUT2D eigenvalue weighted by Crippen LogP contribution is -2.42. The lowest BCUT2D eigenvalue weighted by Gasteiger charge is -2.35. The van der Waals surface area contributed by atoms with E-state index in [2.05, 4.69) is 4.98 Å². The van der Waals surface area contributed by atoms with E-state index in [1.807, 2.05) is 13.8 Å². The molecule has 0 radical (unpaired) electrons. The third kappa shape index (κ3) is 3.87. The third-order valence-corrected chi connectivity index (χ3v) is 3.87. The van der Waals surface area contributed by atoms with Crippen molar-refractivity contribution in [1.82, 2.24) is 4.98 Å². The number of pyridine rings is 1. The first-order chi connectivity index (χ1) is 9.81. The van der Waals surface area contributed by atoms with Crippen molar-refractivity contribution in [2.24, 2.45) is 5.92 Å². The van der Waals surface area contributed by atoms with Gasteiger partial charge in [-0.15, -0.1) is 0 Å². The summed E-state index contributed by atoms with van der Waals surface area (Å²) in [5.74, 6) is -0.592. The van der Waals surface area contributed by atoms with E-state index < -0.39 is 12.1 Å². The number of hydrogen-bond donors (Lipinski definition) is 1. The van der Waals surface area contributed by atoms with Gasteiger partial charge in [0.2, 0.25) is 0 Å². The van der Waals surface area contributed by atoms with Crippen LogP contribution in [-0.2, 0) is 6.61 Å². The second kappa shape index (κ2) is 6.22. The Morgan fingerprint density at radius 1 is 1.38 bits per heavy atom. The smallest absolute Gasteiger partial charge is 0.392 e. The zero-order valence-corrected chi connectivity index (χ0v) is 12.3. The van der Waals surface area contributed by atoms with Crippen LogP contribution < -0.4 is 4.90 Å². The standard InChI is InChI=1S/C15H21F3N2O/c1-10(2)13-6-11(9-21)7-14(19-13)20-5-3-4-12(8-20)15(16,17)18/h6-7,10,12,21H,3-5,8-9H2,1-2H3. The van der Waals surface area contributed by atoms with E-state index in [1.54, 1.807) is 17.0 Å². The second-order valence-electron chi connectivity index (χ2n) is 5.90. The molecule has 0 saturated carbocycles. The van der Waals surface area contributed by atoms with E-state index in [9.17, 15) is 18.3 Å². The van der Waals surface area contributed by atoms with E-state index in [4.69, 9.17) is 0 Å². The minimum atomic E-state index is -4.16. The first kappa shape index (κ1) is 16.1. The number of piperidine rings is 1. The predicted octanol–water partition coefficient (Wildman–Crippen LogP) is 3.48. The average Bonchev–Trinajstić information content (AvgIpc) is 2.46. The van der Waals surface area contributed by atoms with Crippen LogP contribution in [0.5, 0.6) is 0 Å². The highest BCUT2D eigenvalue weighted by Crippen LogP contribution is 2.34. The van der Waals surface area contributed by atoms with Crippen molar-refractivity contribution in [1.29, 1.82) is 0 Å². The normalized spacial score (nSPS) is 20.1. The van der Waals surface area contributed by atoms with Crippen molar-refractivity contribution in [3.05, 3.63) is 23.4 Å². The van der Waals surface area contributed by atoms with Gasteiger partial charge in [0.25, 0.3) is 0 Å². The van der Waals surface area contributed by atoms with Crippen LogP contribution in [0.25, 0.3) is 0 Å². The molecule has 3 nitrogen and oxygen atoms in total. The second-order valence-corrected chi connectivity index (χ2v) is 5.90. The van der Waals surface area contributed by atoms with E-state index in [-0.39, 0.29) is 25.5 Å². The fourth-order valence-electron chi connectivity index (χ4n) is 2.60. The van der Waals surface area contributed by atoms with Crippen molar-refractivity contribution in [2.75, 3.05) is 18.0 Å². The molecule has 0 aromatic carbocycles. The quantitative estimate of drug-likeness (QED) is 0.928. The highest BCUT2D eigenvalue weighted by Gasteiger charge is 2.42. The van der Waals surface area contributed by atoms with E-state index in [1.165, 1.54) is 0 Å². The molecule has 1 saturated heterocycles. The molecule has 21 heavy (non-hydrogen) atoms. The summed E-state index contributed by atoms with van der Waals surface area (Å²) < 4.78 is 38.7. The number of aromatic nitrogens is 1. The van der Waals surface area contributed by atoms with Gasteiger partial charge in [-0.3, -0.25) is 0 Å². The SMILES string of the molecule is CC(C)c1cc(CO)cc(N2CCCC(C(F)(F)F)C2)n1. The van der Waals surface area contributed by atoms with Crippen molar-refractivity contribution < 1.29 is 18.3 Å². The molecule has 1 unspecified atom stereocenters. The average molecular weight is 302 g/mol. The minimum Gasteiger partial charge on any atom is -0.392 e. The molecule has 6 heteroatoms. The van der Waals surface area contributed by atoms with Crippen molar-refractivity contribution in [2.45, 2.75) is 45.4 Å². The summed E-state index contributed by atoms with van der Waals surface area (Å²) in [5, 5.41) is 9.32. The largest absolute Gasteiger partial charge is 0.393 e. The summed E-state index contributed by atoms with van der Waals surface area (Å²) in [5.41, 5.74) is 1.49. The molecule has 2 rings (SSSR count). The molecule has 2 heterocycles. The molecule has 0 spiro atoms. The number of hydrogen-bond acceptors (Lipinski definition) is 3. The monoisotopic (exact) mass is 302 g/mol. The number of alkyl halides is 3. The zero-order valence-electron chi connectivity index (χ0n) is 12.3. The van der Waals surface area contributed by atoms with Gasteiger partial charge in [0.05, 0.1) is 12.5 Å². The lowest BCUT2D eigenvalue weighted by molar-refractivity contribution is -0.176. The molecule has 1 fully saturated rings. The summed E-state index contributed by atoms with van der Waals surface area (Å²) in [7, 11) is 0. The summed E-state index contributed by atoms with van der Waals surface area (Å²) in [6.45, 7) is 4.34. The Hall–Kier alpha value is -1.30. The molecule has 1 aromatic heterocycles. The predicted molar refractivity (Wildman–Crippen MR) is 75.2 cm³/mol. The number of anilines is 1. The van der Waals surface area contributed by atoms with Gasteiger partial charge in [-0.05, 0) is 36.5 Å². The Bertz CT molecular complexity index is 488. The number of rotatable bonds is 3. The van der Waals surface area contributed by atoms with Gasteiger partial charge < -0.3 is 10.0 Å². The Balaban J connectivity index is 2.26. The van der Waals surface area contributed by atoms with Crippen LogP contribution in [0, 0.1) is 5.92 Å². The number of aliphatic hydroxyl groups is 1. The molecular weight excluding hydrogens is 281 g/mol. The van der Waals surface area contributed by atoms with Crippen LogP contribution in [0.2, 0.25) is 0 Å². The summed E-state index contributed by atoms with van der Waals surface area (Å²) in [6, 6.07) is 3.49. The minimum absolute atomic E-state index is 0.0527. The fourth-order valence-corrected chi connectivity index (χ4v) is 2.60. The molecule has 1 aromatic rings. The molecule has 1 aliphatic rings. The molecule has 1 N–H and O–H groups in total. The molecule has 0 amide bonds. The van der Waals surface area contributed by atoms with Crippen molar-refractivity contribution in [3.8, 4) is 0 Å². The Kier molecular flexibility index (Phi) is 4.76. The number of halogens is 3. The van der Waals surface area contributed by atoms with Crippen LogP contribution in [-0.4, -0.2) is 29.4 Å². The molecule has 118 valence electrons. The van der Waals surface area contributed by atoms with Crippen molar-refractivity contribution in [3.63, 3.8) is 0 Å². The molecule has 0 bridgehead atoms. The maximum atomic E-state index is 12.9. The Labute approximate surface area is 122 Å². The van der Waals surface area contributed by atoms with Crippen molar-refractivity contribution >= 4 is 5.82 Å². The van der Waals surface area contributed by atoms with E-state index >= 15 is 0 Å². The van der Waals surface area contributed by atoms with Gasteiger partial charge in [-0.2, -0.15) is 13.2 Å². The lowest BCUT2D eigenvalue weighted by atomic mass is 9.97. The highest BCUT2D eigenvalue weighted by molar-refractivity contribution is 5.43. The van der Waals surface area contributed by atoms with E-state index in [0.717, 1.165) is 5.69 Å². The number of aliphatic hydroxyl groups excluding tert-OH is 1. The highest BCUT2D eigenvalue weighted by atomic mass is 19.4. The maximum absolute atomic E-state index is 12.9. The van der Waals surface area contributed by atoms with Gasteiger partial charge >= 0.3 is 6.18 Å². The van der Waals surface area contributed by atoms with Gasteiger partial charge in [0, 0.05) is 18.8 Å². The van der Waals surface area contributed by atoms with Gasteiger partial charge in [0.15, 0.2) is 0 Å². The summed E-state index contributed by atoms with van der Waals surface area (Å²) in [6.07, 6.45) is -3.48. The zero-order chi connectivity index (χ0) is 15.6. The Morgan fingerprint density at radius 3 is 2.67 bits per heavy atom. The Morgan fingerprint density at radius 2 is 2.10 bits per heavy atom. The van der Waals surface area contributed by atoms with Crippen LogP contribution in [0.15, 0.2) is 12.1 Å². The molecule has 0 aliphatic carbocycles. The van der Waals surface area contributed by atoms with Gasteiger partial charge in [-0.25, -0.2) is 4.98 Å². The topological polar surface area (TPSA) is 36.4 Å². The summed E-state index contributed by atoms with van der Waals surface area (Å²) >= 11 is 0. The van der Waals surface area contributed by atoms with Crippen LogP contribution in [0.4, 0.5) is 19.0 Å². The fraction of sp³-hybridized carbons (Fsp3) is 0.667. The molecule has 1 atom stereocenters. The van der Waals surface area contributed by atoms with Crippen LogP contribution in [0.1, 0.15) is 43.9 Å². The summed E-state index contributed by atoms with van der Waals surface area (Å²) in [4.78, 5) is 6.16. The third-order valence-electron chi connectivity index (χ3n) is 3.87. The van der Waals surface area contributed by atoms with Crippen LogP contribution >= 0.6 is 0 Å².